The van der Waals surface area contributed by atoms with Gasteiger partial charge in [-0.25, -0.2) is 9.48 Å². The Morgan fingerprint density at radius 1 is 0.892 bits per heavy atom. The number of aromatic carboxylic acids is 1. The number of carboxylic acid groups (broad SMARTS) is 1. The van der Waals surface area contributed by atoms with Crippen molar-refractivity contribution in [1.82, 2.24) is 19.6 Å². The van der Waals surface area contributed by atoms with E-state index in [9.17, 15) is 14.7 Å². The van der Waals surface area contributed by atoms with E-state index in [-0.39, 0.29) is 11.6 Å². The molecule has 0 fully saturated rings. The normalized spacial score (nSPS) is 11.1. The van der Waals surface area contributed by atoms with Crippen LogP contribution in [0.3, 0.4) is 0 Å². The minimum Gasteiger partial charge on any atom is -0.496 e. The molecule has 0 aliphatic carbocycles. The van der Waals surface area contributed by atoms with Gasteiger partial charge >= 0.3 is 5.97 Å². The van der Waals surface area contributed by atoms with Gasteiger partial charge in [-0.3, -0.25) is 4.79 Å². The highest BCUT2D eigenvalue weighted by atomic mass is 16.5. The van der Waals surface area contributed by atoms with Gasteiger partial charge in [0.15, 0.2) is 5.69 Å². The Morgan fingerprint density at radius 3 is 2.14 bits per heavy atom. The summed E-state index contributed by atoms with van der Waals surface area (Å²) >= 11 is 0. The van der Waals surface area contributed by atoms with E-state index in [4.69, 9.17) is 9.47 Å². The van der Waals surface area contributed by atoms with E-state index in [1.54, 1.807) is 61.2 Å². The maximum atomic E-state index is 13.3. The lowest BCUT2D eigenvalue weighted by Gasteiger charge is -2.21. The van der Waals surface area contributed by atoms with Crippen LogP contribution < -0.4 is 9.47 Å². The molecule has 1 aromatic heterocycles. The Hall–Kier alpha value is -4.37. The largest absolute Gasteiger partial charge is 0.496 e. The first kappa shape index (κ1) is 25.7. The van der Waals surface area contributed by atoms with Crippen molar-refractivity contribution in [3.05, 3.63) is 71.9 Å². The van der Waals surface area contributed by atoms with E-state index in [0.717, 1.165) is 17.3 Å². The zero-order chi connectivity index (χ0) is 26.7. The molecule has 1 N–H and O–H groups in total. The minimum absolute atomic E-state index is 0.0945. The Balaban J connectivity index is 1.93. The first-order valence-electron chi connectivity index (χ1n) is 11.7. The van der Waals surface area contributed by atoms with Crippen LogP contribution in [0, 0.1) is 0 Å². The van der Waals surface area contributed by atoms with Crippen LogP contribution in [0.5, 0.6) is 11.5 Å². The molecule has 3 aromatic carbocycles. The summed E-state index contributed by atoms with van der Waals surface area (Å²) in [7, 11) is 8.80. The summed E-state index contributed by atoms with van der Waals surface area (Å²) in [6, 6.07) is 17.9. The second kappa shape index (κ2) is 10.7. The Bertz CT molecular complexity index is 1440. The molecule has 4 aromatic rings. The van der Waals surface area contributed by atoms with E-state index in [0.29, 0.717) is 40.6 Å². The highest BCUT2D eigenvalue weighted by Gasteiger charge is 2.24. The highest BCUT2D eigenvalue weighted by Crippen LogP contribution is 2.40. The highest BCUT2D eigenvalue weighted by molar-refractivity contribution is 6.09. The fourth-order valence-corrected chi connectivity index (χ4v) is 4.26. The summed E-state index contributed by atoms with van der Waals surface area (Å²) in [5, 5.41) is 15.7. The van der Waals surface area contributed by atoms with Crippen LogP contribution in [0.2, 0.25) is 0 Å². The third-order valence-corrected chi connectivity index (χ3v) is 6.20. The van der Waals surface area contributed by atoms with Crippen LogP contribution >= 0.6 is 0 Å². The molecule has 0 aliphatic rings. The van der Waals surface area contributed by atoms with Gasteiger partial charge < -0.3 is 24.4 Å². The molecule has 1 heterocycles. The van der Waals surface area contributed by atoms with Gasteiger partial charge in [-0.1, -0.05) is 30.3 Å². The molecule has 0 atom stereocenters. The first-order chi connectivity index (χ1) is 17.8. The molecule has 0 spiro atoms. The zero-order valence-corrected chi connectivity index (χ0v) is 21.6. The molecule has 0 aliphatic heterocycles. The van der Waals surface area contributed by atoms with Crippen LogP contribution in [0.1, 0.15) is 20.8 Å². The molecule has 0 unspecified atom stereocenters. The van der Waals surface area contributed by atoms with E-state index >= 15 is 0 Å². The Kier molecular flexibility index (Phi) is 7.45. The number of benzene rings is 3. The number of rotatable bonds is 9. The summed E-state index contributed by atoms with van der Waals surface area (Å²) in [5.41, 5.74) is 2.11. The number of carbonyl (C=O) groups excluding carboxylic acids is 1. The number of aromatic nitrogens is 2. The molecule has 9 nitrogen and oxygen atoms in total. The summed E-state index contributed by atoms with van der Waals surface area (Å²) in [6.45, 7) is 1.33. The number of methoxy groups -OCH3 is 2. The number of carboxylic acids is 1. The van der Waals surface area contributed by atoms with Crippen LogP contribution in [0.25, 0.3) is 27.7 Å². The molecular formula is C28H30N4O5. The minimum atomic E-state index is -1.16. The summed E-state index contributed by atoms with van der Waals surface area (Å²) in [4.78, 5) is 29.0. The van der Waals surface area contributed by atoms with E-state index < -0.39 is 5.97 Å². The van der Waals surface area contributed by atoms with Gasteiger partial charge in [-0.2, -0.15) is 5.10 Å². The SMILES string of the molecule is COc1cccc(OC)c1-c1cc(C(=O)O)nn1-c1ccc(C(=O)N(C)CCN(C)C)c2ccccc12. The van der Waals surface area contributed by atoms with E-state index in [1.165, 1.54) is 6.07 Å². The van der Waals surface area contributed by atoms with Crippen molar-refractivity contribution in [2.45, 2.75) is 0 Å². The lowest BCUT2D eigenvalue weighted by molar-refractivity contribution is 0.0689. The summed E-state index contributed by atoms with van der Waals surface area (Å²) in [5.74, 6) is -0.234. The molecule has 4 rings (SSSR count). The second-order valence-electron chi connectivity index (χ2n) is 8.88. The fourth-order valence-electron chi connectivity index (χ4n) is 4.26. The van der Waals surface area contributed by atoms with Crippen molar-refractivity contribution in [2.24, 2.45) is 0 Å². The number of likely N-dealkylation sites (N-methyl/N-ethyl adjacent to an activating group) is 2. The predicted octanol–water partition coefficient (Wildman–Crippen LogP) is 4.04. The first-order valence-corrected chi connectivity index (χ1v) is 11.7. The zero-order valence-electron chi connectivity index (χ0n) is 21.6. The van der Waals surface area contributed by atoms with E-state index in [1.807, 2.05) is 43.3 Å². The molecule has 37 heavy (non-hydrogen) atoms. The molecular weight excluding hydrogens is 472 g/mol. The van der Waals surface area contributed by atoms with Gasteiger partial charge in [-0.05, 0) is 49.8 Å². The monoisotopic (exact) mass is 502 g/mol. The molecule has 0 radical (unpaired) electrons. The molecule has 9 heteroatoms. The molecule has 0 saturated carbocycles. The van der Waals surface area contributed by atoms with Crippen molar-refractivity contribution in [3.8, 4) is 28.4 Å². The lowest BCUT2D eigenvalue weighted by atomic mass is 10.0. The van der Waals surface area contributed by atoms with Crippen LogP contribution in [-0.2, 0) is 0 Å². The standard InChI is InChI=1S/C28H30N4O5/c1-30(2)15-16-31(3)27(33)20-13-14-22(19-10-7-6-9-18(19)20)32-23(17-21(29-32)28(34)35)26-24(36-4)11-8-12-25(26)37-5/h6-14,17H,15-16H2,1-5H3,(H,34,35). The van der Waals surface area contributed by atoms with E-state index in [2.05, 4.69) is 5.10 Å². The van der Waals surface area contributed by atoms with Crippen molar-refractivity contribution in [3.63, 3.8) is 0 Å². The number of hydrogen-bond donors (Lipinski definition) is 1. The third-order valence-electron chi connectivity index (χ3n) is 6.20. The topological polar surface area (TPSA) is 97.1 Å². The maximum absolute atomic E-state index is 13.3. The van der Waals surface area contributed by atoms with Crippen molar-refractivity contribution < 1.29 is 24.2 Å². The average Bonchev–Trinajstić information content (AvgIpc) is 3.35. The van der Waals surface area contributed by atoms with Crippen molar-refractivity contribution in [1.29, 1.82) is 0 Å². The average molecular weight is 503 g/mol. The van der Waals surface area contributed by atoms with Crippen LogP contribution in [0.15, 0.2) is 60.7 Å². The van der Waals surface area contributed by atoms with Crippen LogP contribution in [0.4, 0.5) is 0 Å². The van der Waals surface area contributed by atoms with Gasteiger partial charge in [0.25, 0.3) is 5.91 Å². The lowest BCUT2D eigenvalue weighted by Crippen LogP contribution is -2.33. The number of carbonyl (C=O) groups is 2. The molecule has 192 valence electrons. The van der Waals surface area contributed by atoms with Crippen LogP contribution in [-0.4, -0.2) is 85.0 Å². The van der Waals surface area contributed by atoms with Gasteiger partial charge in [0.2, 0.25) is 0 Å². The molecule has 0 saturated heterocycles. The second-order valence-corrected chi connectivity index (χ2v) is 8.88. The smallest absolute Gasteiger partial charge is 0.356 e. The summed E-state index contributed by atoms with van der Waals surface area (Å²) < 4.78 is 12.7. The Morgan fingerprint density at radius 2 is 1.54 bits per heavy atom. The summed E-state index contributed by atoms with van der Waals surface area (Å²) in [6.07, 6.45) is 0. The number of ether oxygens (including phenoxy) is 2. The van der Waals surface area contributed by atoms with Gasteiger partial charge in [0.1, 0.15) is 11.5 Å². The number of hydrogen-bond acceptors (Lipinski definition) is 6. The fraction of sp³-hybridized carbons (Fsp3) is 0.250. The number of fused-ring (bicyclic) bond motifs is 1. The van der Waals surface area contributed by atoms with Crippen molar-refractivity contribution >= 4 is 22.6 Å². The van der Waals surface area contributed by atoms with Gasteiger partial charge in [0.05, 0.1) is 31.2 Å². The molecule has 1 amide bonds. The van der Waals surface area contributed by atoms with Gasteiger partial charge in [0, 0.05) is 31.1 Å². The van der Waals surface area contributed by atoms with Gasteiger partial charge in [-0.15, -0.1) is 0 Å². The van der Waals surface area contributed by atoms with Crippen molar-refractivity contribution in [2.75, 3.05) is 48.5 Å². The predicted molar refractivity (Wildman–Crippen MR) is 142 cm³/mol. The number of nitrogens with zero attached hydrogens (tertiary/aromatic N) is 4. The third kappa shape index (κ3) is 4.99. The number of amides is 1. The Labute approximate surface area is 215 Å². The molecule has 0 bridgehead atoms. The quantitative estimate of drug-likeness (QED) is 0.369. The maximum Gasteiger partial charge on any atom is 0.356 e.